The van der Waals surface area contributed by atoms with Crippen LogP contribution in [0.3, 0.4) is 0 Å². The molecule has 2 aliphatic carbocycles. The Morgan fingerprint density at radius 2 is 1.93 bits per heavy atom. The van der Waals surface area contributed by atoms with E-state index in [1.165, 1.54) is 51.4 Å². The summed E-state index contributed by atoms with van der Waals surface area (Å²) in [6.07, 6.45) is 11.3. The minimum atomic E-state index is 0.496. The Hall–Kier alpha value is -0.0400. The zero-order valence-corrected chi connectivity index (χ0v) is 10.5. The fourth-order valence-electron chi connectivity index (χ4n) is 4.17. The molecule has 15 heavy (non-hydrogen) atoms. The first-order chi connectivity index (χ1) is 7.18. The monoisotopic (exact) mass is 209 g/mol. The van der Waals surface area contributed by atoms with Gasteiger partial charge in [-0.2, -0.15) is 0 Å². The van der Waals surface area contributed by atoms with Gasteiger partial charge in [0.05, 0.1) is 0 Å². The van der Waals surface area contributed by atoms with Gasteiger partial charge in [0, 0.05) is 6.04 Å². The molecule has 2 fully saturated rings. The van der Waals surface area contributed by atoms with Gasteiger partial charge >= 0.3 is 0 Å². The van der Waals surface area contributed by atoms with Gasteiger partial charge < -0.3 is 5.73 Å². The number of rotatable bonds is 2. The van der Waals surface area contributed by atoms with E-state index in [0.29, 0.717) is 11.5 Å². The summed E-state index contributed by atoms with van der Waals surface area (Å²) >= 11 is 0. The van der Waals surface area contributed by atoms with E-state index in [2.05, 4.69) is 13.8 Å². The lowest BCUT2D eigenvalue weighted by molar-refractivity contribution is 0.0472. The molecular weight excluding hydrogens is 182 g/mol. The van der Waals surface area contributed by atoms with Gasteiger partial charge in [0.2, 0.25) is 0 Å². The van der Waals surface area contributed by atoms with Crippen LogP contribution in [0.4, 0.5) is 0 Å². The Labute approximate surface area is 94.8 Å². The molecule has 3 unspecified atom stereocenters. The maximum atomic E-state index is 6.17. The van der Waals surface area contributed by atoms with Crippen LogP contribution in [0.15, 0.2) is 0 Å². The average Bonchev–Trinajstić information content (AvgIpc) is 2.70. The molecule has 2 rings (SSSR count). The molecule has 1 nitrogen and oxygen atoms in total. The lowest BCUT2D eigenvalue weighted by Crippen LogP contribution is -2.42. The molecule has 0 aromatic rings. The summed E-state index contributed by atoms with van der Waals surface area (Å²) in [6, 6.07) is 0.496. The van der Waals surface area contributed by atoms with Gasteiger partial charge in [0.15, 0.2) is 0 Å². The molecule has 0 aliphatic heterocycles. The summed E-state index contributed by atoms with van der Waals surface area (Å²) in [6.45, 7) is 4.79. The minimum Gasteiger partial charge on any atom is -0.328 e. The van der Waals surface area contributed by atoms with Crippen molar-refractivity contribution < 1.29 is 0 Å². The molecule has 2 aliphatic rings. The molecule has 0 heterocycles. The highest BCUT2D eigenvalue weighted by Gasteiger charge is 2.45. The van der Waals surface area contributed by atoms with Gasteiger partial charge in [-0.15, -0.1) is 0 Å². The van der Waals surface area contributed by atoms with E-state index >= 15 is 0 Å². The van der Waals surface area contributed by atoms with Crippen LogP contribution >= 0.6 is 0 Å². The lowest BCUT2D eigenvalue weighted by atomic mass is 9.59. The molecule has 2 saturated carbocycles. The van der Waals surface area contributed by atoms with Crippen LogP contribution in [0.25, 0.3) is 0 Å². The van der Waals surface area contributed by atoms with E-state index in [1.807, 2.05) is 0 Å². The second kappa shape index (κ2) is 4.45. The molecule has 0 aromatic carbocycles. The number of hydrogen-bond donors (Lipinski definition) is 1. The summed E-state index contributed by atoms with van der Waals surface area (Å²) in [5.74, 6) is 1.81. The van der Waals surface area contributed by atoms with E-state index in [9.17, 15) is 0 Å². The van der Waals surface area contributed by atoms with Crippen molar-refractivity contribution in [2.24, 2.45) is 23.0 Å². The van der Waals surface area contributed by atoms with Gasteiger partial charge in [0.25, 0.3) is 0 Å². The molecule has 0 amide bonds. The predicted molar refractivity (Wildman–Crippen MR) is 65.7 cm³/mol. The SMILES string of the molecule is CCC(C)C1CC(N)CCC12CCCC2. The predicted octanol–water partition coefficient (Wildman–Crippen LogP) is 3.72. The smallest absolute Gasteiger partial charge is 0.00419 e. The topological polar surface area (TPSA) is 26.0 Å². The van der Waals surface area contributed by atoms with Crippen molar-refractivity contribution in [1.29, 1.82) is 0 Å². The second-order valence-electron chi connectivity index (χ2n) is 6.10. The Morgan fingerprint density at radius 3 is 2.53 bits per heavy atom. The standard InChI is InChI=1S/C14H27N/c1-3-11(2)13-10-12(15)6-9-14(13)7-4-5-8-14/h11-13H,3-10,15H2,1-2H3. The van der Waals surface area contributed by atoms with Crippen molar-refractivity contribution in [3.8, 4) is 0 Å². The highest BCUT2D eigenvalue weighted by molar-refractivity contribution is 4.97. The van der Waals surface area contributed by atoms with Gasteiger partial charge in [-0.25, -0.2) is 0 Å². The highest BCUT2D eigenvalue weighted by atomic mass is 14.7. The van der Waals surface area contributed by atoms with Crippen molar-refractivity contribution in [2.75, 3.05) is 0 Å². The molecule has 88 valence electrons. The molecule has 2 N–H and O–H groups in total. The van der Waals surface area contributed by atoms with Gasteiger partial charge in [0.1, 0.15) is 0 Å². The van der Waals surface area contributed by atoms with Crippen LogP contribution in [0.1, 0.15) is 65.2 Å². The third-order valence-corrected chi connectivity index (χ3v) is 5.29. The Bertz CT molecular complexity index is 205. The molecule has 1 spiro atoms. The van der Waals surface area contributed by atoms with Gasteiger partial charge in [-0.05, 0) is 49.4 Å². The largest absolute Gasteiger partial charge is 0.328 e. The average molecular weight is 209 g/mol. The van der Waals surface area contributed by atoms with Gasteiger partial charge in [-0.1, -0.05) is 33.1 Å². The summed E-state index contributed by atoms with van der Waals surface area (Å²) in [4.78, 5) is 0. The normalized spacial score (nSPS) is 37.0. The zero-order chi connectivity index (χ0) is 10.9. The first-order valence-corrected chi connectivity index (χ1v) is 6.93. The summed E-state index contributed by atoms with van der Waals surface area (Å²) in [5.41, 5.74) is 6.88. The zero-order valence-electron chi connectivity index (χ0n) is 10.5. The third-order valence-electron chi connectivity index (χ3n) is 5.29. The Morgan fingerprint density at radius 1 is 1.27 bits per heavy atom. The molecule has 0 saturated heterocycles. The van der Waals surface area contributed by atoms with Crippen molar-refractivity contribution in [1.82, 2.24) is 0 Å². The summed E-state index contributed by atoms with van der Waals surface area (Å²) < 4.78 is 0. The lowest BCUT2D eigenvalue weighted by Gasteiger charge is -2.46. The molecule has 3 atom stereocenters. The van der Waals surface area contributed by atoms with E-state index in [0.717, 1.165) is 11.8 Å². The number of nitrogens with two attached hydrogens (primary N) is 1. The van der Waals surface area contributed by atoms with E-state index < -0.39 is 0 Å². The Kier molecular flexibility index (Phi) is 3.39. The van der Waals surface area contributed by atoms with Crippen LogP contribution in [0.2, 0.25) is 0 Å². The van der Waals surface area contributed by atoms with Crippen molar-refractivity contribution in [2.45, 2.75) is 71.3 Å². The number of hydrogen-bond acceptors (Lipinski definition) is 1. The fourth-order valence-corrected chi connectivity index (χ4v) is 4.17. The highest BCUT2D eigenvalue weighted by Crippen LogP contribution is 2.55. The van der Waals surface area contributed by atoms with Crippen LogP contribution < -0.4 is 5.73 Å². The minimum absolute atomic E-state index is 0.496. The molecule has 0 bridgehead atoms. The van der Waals surface area contributed by atoms with E-state index in [4.69, 9.17) is 5.73 Å². The second-order valence-corrected chi connectivity index (χ2v) is 6.10. The summed E-state index contributed by atoms with van der Waals surface area (Å²) in [5, 5.41) is 0. The van der Waals surface area contributed by atoms with Crippen LogP contribution in [-0.2, 0) is 0 Å². The van der Waals surface area contributed by atoms with Crippen molar-refractivity contribution in [3.05, 3.63) is 0 Å². The van der Waals surface area contributed by atoms with Crippen LogP contribution in [0.5, 0.6) is 0 Å². The summed E-state index contributed by atoms with van der Waals surface area (Å²) in [7, 11) is 0. The van der Waals surface area contributed by atoms with E-state index in [-0.39, 0.29) is 0 Å². The first-order valence-electron chi connectivity index (χ1n) is 6.93. The molecule has 0 aromatic heterocycles. The van der Waals surface area contributed by atoms with Crippen LogP contribution in [-0.4, -0.2) is 6.04 Å². The Balaban J connectivity index is 2.12. The fraction of sp³-hybridized carbons (Fsp3) is 1.00. The molecular formula is C14H27N. The van der Waals surface area contributed by atoms with Crippen molar-refractivity contribution in [3.63, 3.8) is 0 Å². The molecule has 1 heteroatoms. The molecule has 0 radical (unpaired) electrons. The first kappa shape index (κ1) is 11.4. The maximum Gasteiger partial charge on any atom is 0.00419 e. The van der Waals surface area contributed by atoms with Crippen molar-refractivity contribution >= 4 is 0 Å². The quantitative estimate of drug-likeness (QED) is 0.737. The maximum absolute atomic E-state index is 6.17. The van der Waals surface area contributed by atoms with Crippen LogP contribution in [0, 0.1) is 17.3 Å². The third kappa shape index (κ3) is 2.08. The van der Waals surface area contributed by atoms with Gasteiger partial charge in [-0.3, -0.25) is 0 Å². The van der Waals surface area contributed by atoms with E-state index in [1.54, 1.807) is 0 Å².